The summed E-state index contributed by atoms with van der Waals surface area (Å²) in [4.78, 5) is 0. The third kappa shape index (κ3) is 8.05. The number of ether oxygens (including phenoxy) is 1. The van der Waals surface area contributed by atoms with E-state index in [1.165, 1.54) is 0 Å². The molecule has 72 valence electrons. The second kappa shape index (κ2) is 4.85. The Bertz CT molecular complexity index is 120. The van der Waals surface area contributed by atoms with Gasteiger partial charge in [0.05, 0.1) is 11.7 Å². The molecular formula is C8H19BO3. The third-order valence-corrected chi connectivity index (χ3v) is 1.39. The Kier molecular flexibility index (Phi) is 4.82. The van der Waals surface area contributed by atoms with E-state index in [2.05, 4.69) is 0 Å². The molecule has 0 aromatic carbocycles. The summed E-state index contributed by atoms with van der Waals surface area (Å²) in [5.41, 5.74) is -0.153. The topological polar surface area (TPSA) is 49.7 Å². The smallest absolute Gasteiger partial charge is 0.427 e. The van der Waals surface area contributed by atoms with Crippen LogP contribution in [0.2, 0.25) is 6.32 Å². The molecule has 0 aliphatic carbocycles. The van der Waals surface area contributed by atoms with Crippen LogP contribution in [0, 0.1) is 0 Å². The molecule has 0 bridgehead atoms. The highest BCUT2D eigenvalue weighted by atomic mass is 16.5. The fourth-order valence-corrected chi connectivity index (χ4v) is 1.05. The van der Waals surface area contributed by atoms with Gasteiger partial charge >= 0.3 is 7.12 Å². The van der Waals surface area contributed by atoms with E-state index in [0.29, 0.717) is 12.7 Å². The van der Waals surface area contributed by atoms with Crippen molar-refractivity contribution in [3.63, 3.8) is 0 Å². The van der Waals surface area contributed by atoms with E-state index in [9.17, 15) is 0 Å². The van der Waals surface area contributed by atoms with E-state index in [1.54, 1.807) is 0 Å². The molecule has 4 heteroatoms. The molecule has 0 heterocycles. The van der Waals surface area contributed by atoms with Gasteiger partial charge in [-0.1, -0.05) is 0 Å². The lowest BCUT2D eigenvalue weighted by molar-refractivity contribution is -0.0526. The Balaban J connectivity index is 3.53. The highest BCUT2D eigenvalue weighted by Crippen LogP contribution is 2.14. The van der Waals surface area contributed by atoms with Crippen molar-refractivity contribution < 1.29 is 14.8 Å². The average molecular weight is 174 g/mol. The Hall–Kier alpha value is -0.0551. The first-order chi connectivity index (χ1) is 5.31. The molecule has 0 aromatic rings. The lowest BCUT2D eigenvalue weighted by atomic mass is 9.83. The molecule has 0 fully saturated rings. The van der Waals surface area contributed by atoms with Crippen LogP contribution in [-0.2, 0) is 4.74 Å². The molecule has 0 aromatic heterocycles. The molecular weight excluding hydrogens is 155 g/mol. The summed E-state index contributed by atoms with van der Waals surface area (Å²) in [5, 5.41) is 17.2. The highest BCUT2D eigenvalue weighted by molar-refractivity contribution is 6.40. The molecule has 0 radical (unpaired) electrons. The van der Waals surface area contributed by atoms with Gasteiger partial charge in [-0.2, -0.15) is 0 Å². The minimum Gasteiger partial charge on any atom is -0.427 e. The van der Waals surface area contributed by atoms with Gasteiger partial charge in [-0.15, -0.1) is 0 Å². The Labute approximate surface area is 74.9 Å². The fourth-order valence-electron chi connectivity index (χ4n) is 1.05. The van der Waals surface area contributed by atoms with Crippen molar-refractivity contribution in [2.75, 3.05) is 0 Å². The number of hydrogen-bond acceptors (Lipinski definition) is 3. The standard InChI is InChI=1S/C8H19BO3/c1-7(5-6-9(10)11)12-8(2,3)4/h7,10-11H,5-6H2,1-4H3. The zero-order valence-corrected chi connectivity index (χ0v) is 8.37. The predicted molar refractivity (Wildman–Crippen MR) is 49.9 cm³/mol. The third-order valence-electron chi connectivity index (χ3n) is 1.39. The lowest BCUT2D eigenvalue weighted by Crippen LogP contribution is -2.26. The van der Waals surface area contributed by atoms with Crippen LogP contribution in [0.25, 0.3) is 0 Å². The number of hydrogen-bond donors (Lipinski definition) is 2. The molecule has 0 amide bonds. The molecule has 0 saturated carbocycles. The molecule has 1 atom stereocenters. The maximum atomic E-state index is 8.60. The Morgan fingerprint density at radius 2 is 1.83 bits per heavy atom. The Morgan fingerprint density at radius 3 is 2.17 bits per heavy atom. The zero-order chi connectivity index (χ0) is 9.78. The summed E-state index contributed by atoms with van der Waals surface area (Å²) >= 11 is 0. The molecule has 1 unspecified atom stereocenters. The van der Waals surface area contributed by atoms with Gasteiger partial charge in [-0.25, -0.2) is 0 Å². The van der Waals surface area contributed by atoms with E-state index in [0.717, 1.165) is 0 Å². The zero-order valence-electron chi connectivity index (χ0n) is 8.37. The first kappa shape index (κ1) is 11.9. The second-order valence-corrected chi connectivity index (χ2v) is 4.10. The van der Waals surface area contributed by atoms with Crippen molar-refractivity contribution >= 4 is 7.12 Å². The van der Waals surface area contributed by atoms with Crippen LogP contribution >= 0.6 is 0 Å². The van der Waals surface area contributed by atoms with Gasteiger partial charge in [0, 0.05) is 0 Å². The van der Waals surface area contributed by atoms with Crippen LogP contribution in [0.4, 0.5) is 0 Å². The van der Waals surface area contributed by atoms with E-state index >= 15 is 0 Å². The van der Waals surface area contributed by atoms with Gasteiger partial charge in [0.15, 0.2) is 0 Å². The summed E-state index contributed by atoms with van der Waals surface area (Å²) in [6.07, 6.45) is 1.12. The van der Waals surface area contributed by atoms with E-state index in [4.69, 9.17) is 14.8 Å². The van der Waals surface area contributed by atoms with Crippen LogP contribution in [0.1, 0.15) is 34.1 Å². The largest absolute Gasteiger partial charge is 0.451 e. The Morgan fingerprint density at radius 1 is 1.33 bits per heavy atom. The van der Waals surface area contributed by atoms with Crippen molar-refractivity contribution in [2.24, 2.45) is 0 Å². The lowest BCUT2D eigenvalue weighted by Gasteiger charge is -2.24. The van der Waals surface area contributed by atoms with Crippen molar-refractivity contribution in [1.29, 1.82) is 0 Å². The number of rotatable bonds is 4. The molecule has 2 N–H and O–H groups in total. The molecule has 3 nitrogen and oxygen atoms in total. The van der Waals surface area contributed by atoms with E-state index in [1.807, 2.05) is 27.7 Å². The minimum absolute atomic E-state index is 0.0757. The first-order valence-electron chi connectivity index (χ1n) is 4.35. The van der Waals surface area contributed by atoms with Crippen molar-refractivity contribution in [1.82, 2.24) is 0 Å². The molecule has 0 rings (SSSR count). The molecule has 0 aliphatic rings. The monoisotopic (exact) mass is 174 g/mol. The van der Waals surface area contributed by atoms with Gasteiger partial charge in [0.2, 0.25) is 0 Å². The van der Waals surface area contributed by atoms with E-state index < -0.39 is 7.12 Å². The average Bonchev–Trinajstić information content (AvgIpc) is 1.79. The summed E-state index contributed by atoms with van der Waals surface area (Å²) in [5.74, 6) is 0. The van der Waals surface area contributed by atoms with Crippen LogP contribution in [0.5, 0.6) is 0 Å². The molecule has 0 aliphatic heterocycles. The van der Waals surface area contributed by atoms with Crippen LogP contribution in [0.15, 0.2) is 0 Å². The van der Waals surface area contributed by atoms with Gasteiger partial charge in [-0.05, 0) is 40.4 Å². The van der Waals surface area contributed by atoms with Gasteiger partial charge in [0.1, 0.15) is 0 Å². The van der Waals surface area contributed by atoms with Gasteiger partial charge in [0.25, 0.3) is 0 Å². The van der Waals surface area contributed by atoms with Crippen molar-refractivity contribution in [2.45, 2.75) is 52.1 Å². The summed E-state index contributed by atoms with van der Waals surface area (Å²) in [6, 6.07) is 0. The highest BCUT2D eigenvalue weighted by Gasteiger charge is 2.16. The van der Waals surface area contributed by atoms with Crippen molar-refractivity contribution in [3.8, 4) is 0 Å². The first-order valence-corrected chi connectivity index (χ1v) is 4.35. The predicted octanol–water partition coefficient (Wildman–Crippen LogP) is 1.05. The van der Waals surface area contributed by atoms with Gasteiger partial charge < -0.3 is 14.8 Å². The minimum atomic E-state index is -1.21. The normalized spacial score (nSPS) is 14.5. The molecule has 0 saturated heterocycles. The fraction of sp³-hybridized carbons (Fsp3) is 1.00. The summed E-state index contributed by atoms with van der Waals surface area (Å²) < 4.78 is 5.57. The quantitative estimate of drug-likeness (QED) is 0.626. The maximum Gasteiger partial charge on any atom is 0.451 e. The van der Waals surface area contributed by atoms with Crippen LogP contribution in [0.3, 0.4) is 0 Å². The SMILES string of the molecule is CC(CCB(O)O)OC(C)(C)C. The van der Waals surface area contributed by atoms with Gasteiger partial charge in [-0.3, -0.25) is 0 Å². The van der Waals surface area contributed by atoms with Crippen molar-refractivity contribution in [3.05, 3.63) is 0 Å². The summed E-state index contributed by atoms with van der Waals surface area (Å²) in [7, 11) is -1.21. The van der Waals surface area contributed by atoms with E-state index in [-0.39, 0.29) is 11.7 Å². The second-order valence-electron chi connectivity index (χ2n) is 4.10. The van der Waals surface area contributed by atoms with Crippen LogP contribution < -0.4 is 0 Å². The van der Waals surface area contributed by atoms with Crippen LogP contribution in [-0.4, -0.2) is 28.9 Å². The molecule has 0 spiro atoms. The maximum absolute atomic E-state index is 8.60. The molecule has 12 heavy (non-hydrogen) atoms. The summed E-state index contributed by atoms with van der Waals surface area (Å²) in [6.45, 7) is 7.89.